The van der Waals surface area contributed by atoms with Crippen molar-refractivity contribution < 1.29 is 9.84 Å². The average molecular weight is 270 g/mol. The van der Waals surface area contributed by atoms with Crippen LogP contribution in [0.25, 0.3) is 0 Å². The van der Waals surface area contributed by atoms with E-state index in [4.69, 9.17) is 9.84 Å². The zero-order valence-electron chi connectivity index (χ0n) is 11.8. The number of hydrogen-bond acceptors (Lipinski definition) is 2. The van der Waals surface area contributed by atoms with Crippen molar-refractivity contribution >= 4 is 0 Å². The Morgan fingerprint density at radius 1 is 1.25 bits per heavy atom. The van der Waals surface area contributed by atoms with Gasteiger partial charge in [0.25, 0.3) is 0 Å². The van der Waals surface area contributed by atoms with E-state index < -0.39 is 0 Å². The van der Waals surface area contributed by atoms with Gasteiger partial charge in [-0.05, 0) is 55.2 Å². The Morgan fingerprint density at radius 3 is 2.95 bits per heavy atom. The molecule has 3 atom stereocenters. The summed E-state index contributed by atoms with van der Waals surface area (Å²) in [5.74, 6) is 9.56. The molecule has 2 fully saturated rings. The Kier molecular flexibility index (Phi) is 4.28. The minimum Gasteiger partial charge on any atom is -0.493 e. The van der Waals surface area contributed by atoms with Gasteiger partial charge >= 0.3 is 0 Å². The summed E-state index contributed by atoms with van der Waals surface area (Å²) < 4.78 is 5.97. The van der Waals surface area contributed by atoms with Crippen molar-refractivity contribution in [1.82, 2.24) is 0 Å². The molecule has 0 radical (unpaired) electrons. The molecule has 0 saturated heterocycles. The second-order valence-electron chi connectivity index (χ2n) is 6.05. The molecule has 2 aliphatic rings. The molecule has 2 nitrogen and oxygen atoms in total. The Balaban J connectivity index is 1.55. The lowest BCUT2D eigenvalue weighted by molar-refractivity contribution is 0.195. The summed E-state index contributed by atoms with van der Waals surface area (Å²) in [6.45, 7) is 0.974. The Hall–Kier alpha value is -1.46. The highest BCUT2D eigenvalue weighted by Gasteiger charge is 2.39. The summed E-state index contributed by atoms with van der Waals surface area (Å²) in [6.07, 6.45) is 6.17. The van der Waals surface area contributed by atoms with Crippen molar-refractivity contribution in [2.45, 2.75) is 32.1 Å². The van der Waals surface area contributed by atoms with Crippen LogP contribution in [0.1, 0.15) is 37.7 Å². The van der Waals surface area contributed by atoms with Crippen LogP contribution < -0.4 is 4.74 Å². The van der Waals surface area contributed by atoms with E-state index in [0.29, 0.717) is 6.42 Å². The van der Waals surface area contributed by atoms with Gasteiger partial charge in [0.05, 0.1) is 13.2 Å². The third kappa shape index (κ3) is 3.16. The third-order valence-corrected chi connectivity index (χ3v) is 4.65. The van der Waals surface area contributed by atoms with Crippen molar-refractivity contribution in [3.8, 4) is 17.6 Å². The fourth-order valence-electron chi connectivity index (χ4n) is 3.67. The van der Waals surface area contributed by atoms with Crippen molar-refractivity contribution in [3.05, 3.63) is 29.8 Å². The topological polar surface area (TPSA) is 29.5 Å². The zero-order chi connectivity index (χ0) is 13.8. The lowest BCUT2D eigenvalue weighted by Gasteiger charge is -2.21. The largest absolute Gasteiger partial charge is 0.493 e. The molecular weight excluding hydrogens is 248 g/mol. The van der Waals surface area contributed by atoms with Gasteiger partial charge in [-0.25, -0.2) is 0 Å². The van der Waals surface area contributed by atoms with Crippen LogP contribution in [0.2, 0.25) is 0 Å². The lowest BCUT2D eigenvalue weighted by atomic mass is 9.89. The molecule has 20 heavy (non-hydrogen) atoms. The summed E-state index contributed by atoms with van der Waals surface area (Å²) >= 11 is 0. The Morgan fingerprint density at radius 2 is 2.20 bits per heavy atom. The third-order valence-electron chi connectivity index (χ3n) is 4.65. The second kappa shape index (κ2) is 6.33. The van der Waals surface area contributed by atoms with Crippen molar-refractivity contribution in [2.24, 2.45) is 17.8 Å². The zero-order valence-corrected chi connectivity index (χ0v) is 11.8. The molecule has 3 unspecified atom stereocenters. The van der Waals surface area contributed by atoms with Crippen LogP contribution in [0.3, 0.4) is 0 Å². The van der Waals surface area contributed by atoms with Crippen molar-refractivity contribution in [1.29, 1.82) is 0 Å². The van der Waals surface area contributed by atoms with Gasteiger partial charge in [-0.15, -0.1) is 0 Å². The fraction of sp³-hybridized carbons (Fsp3) is 0.556. The van der Waals surface area contributed by atoms with E-state index in [1.165, 1.54) is 25.7 Å². The lowest BCUT2D eigenvalue weighted by Crippen LogP contribution is -2.18. The maximum atomic E-state index is 8.73. The minimum atomic E-state index is 0.118. The molecule has 1 aromatic carbocycles. The van der Waals surface area contributed by atoms with Crippen LogP contribution >= 0.6 is 0 Å². The SMILES string of the molecule is OCCC#Cc1cccc(OCC2CC3CCC2C3)c1. The van der Waals surface area contributed by atoms with Crippen LogP contribution in [-0.4, -0.2) is 18.3 Å². The first kappa shape index (κ1) is 13.5. The highest BCUT2D eigenvalue weighted by atomic mass is 16.5. The maximum Gasteiger partial charge on any atom is 0.120 e. The van der Waals surface area contributed by atoms with Gasteiger partial charge in [-0.2, -0.15) is 0 Å². The van der Waals surface area contributed by atoms with E-state index in [1.54, 1.807) is 0 Å². The van der Waals surface area contributed by atoms with E-state index in [9.17, 15) is 0 Å². The second-order valence-corrected chi connectivity index (χ2v) is 6.05. The summed E-state index contributed by atoms with van der Waals surface area (Å²) in [4.78, 5) is 0. The van der Waals surface area contributed by atoms with Crippen molar-refractivity contribution in [3.63, 3.8) is 0 Å². The molecule has 0 spiro atoms. The summed E-state index contributed by atoms with van der Waals surface area (Å²) in [7, 11) is 0. The standard InChI is InChI=1S/C18H22O2/c19-9-2-1-4-14-5-3-6-18(12-14)20-13-17-11-15-7-8-16(17)10-15/h3,5-6,12,15-17,19H,2,7-11,13H2. The van der Waals surface area contributed by atoms with Gasteiger partial charge in [-0.1, -0.05) is 24.3 Å². The quantitative estimate of drug-likeness (QED) is 0.851. The van der Waals surface area contributed by atoms with E-state index in [-0.39, 0.29) is 6.61 Å². The molecule has 0 aliphatic heterocycles. The maximum absolute atomic E-state index is 8.73. The summed E-state index contributed by atoms with van der Waals surface area (Å²) in [6, 6.07) is 7.97. The van der Waals surface area contributed by atoms with E-state index >= 15 is 0 Å². The molecule has 0 aromatic heterocycles. The van der Waals surface area contributed by atoms with Gasteiger partial charge in [0.2, 0.25) is 0 Å². The molecule has 2 heteroatoms. The van der Waals surface area contributed by atoms with Crippen LogP contribution in [-0.2, 0) is 0 Å². The highest BCUT2D eigenvalue weighted by Crippen LogP contribution is 2.48. The van der Waals surface area contributed by atoms with E-state index in [1.807, 2.05) is 24.3 Å². The molecule has 2 aliphatic carbocycles. The highest BCUT2D eigenvalue weighted by molar-refractivity contribution is 5.39. The average Bonchev–Trinajstić information content (AvgIpc) is 3.08. The number of hydrogen-bond donors (Lipinski definition) is 1. The van der Waals surface area contributed by atoms with E-state index in [0.717, 1.165) is 35.7 Å². The first-order valence-corrected chi connectivity index (χ1v) is 7.68. The Labute approximate surface area is 121 Å². The molecule has 2 saturated carbocycles. The number of aliphatic hydroxyl groups is 1. The molecule has 0 amide bonds. The first-order chi connectivity index (χ1) is 9.85. The van der Waals surface area contributed by atoms with Gasteiger partial charge in [0.1, 0.15) is 5.75 Å². The summed E-state index contributed by atoms with van der Waals surface area (Å²) in [5.41, 5.74) is 0.962. The van der Waals surface area contributed by atoms with Crippen LogP contribution in [0.5, 0.6) is 5.75 Å². The predicted molar refractivity (Wildman–Crippen MR) is 79.5 cm³/mol. The molecule has 3 rings (SSSR count). The molecule has 0 heterocycles. The van der Waals surface area contributed by atoms with Gasteiger partial charge in [0, 0.05) is 12.0 Å². The summed E-state index contributed by atoms with van der Waals surface area (Å²) in [5, 5.41) is 8.73. The van der Waals surface area contributed by atoms with Crippen LogP contribution in [0.4, 0.5) is 0 Å². The minimum absolute atomic E-state index is 0.118. The smallest absolute Gasteiger partial charge is 0.120 e. The first-order valence-electron chi connectivity index (χ1n) is 7.68. The van der Waals surface area contributed by atoms with Gasteiger partial charge in [0.15, 0.2) is 0 Å². The van der Waals surface area contributed by atoms with E-state index in [2.05, 4.69) is 11.8 Å². The number of benzene rings is 1. The number of rotatable bonds is 4. The normalized spacial score (nSPS) is 27.1. The Bertz CT molecular complexity index is 512. The molecule has 1 N–H and O–H groups in total. The number of fused-ring (bicyclic) bond motifs is 2. The van der Waals surface area contributed by atoms with Crippen molar-refractivity contribution in [2.75, 3.05) is 13.2 Å². The van der Waals surface area contributed by atoms with Gasteiger partial charge in [-0.3, -0.25) is 0 Å². The number of aliphatic hydroxyl groups excluding tert-OH is 1. The van der Waals surface area contributed by atoms with Gasteiger partial charge < -0.3 is 9.84 Å². The van der Waals surface area contributed by atoms with Crippen LogP contribution in [0, 0.1) is 29.6 Å². The molecule has 1 aromatic rings. The number of ether oxygens (including phenoxy) is 1. The van der Waals surface area contributed by atoms with Crippen LogP contribution in [0.15, 0.2) is 24.3 Å². The fourth-order valence-corrected chi connectivity index (χ4v) is 3.67. The molecular formula is C18H22O2. The molecule has 106 valence electrons. The predicted octanol–water partition coefficient (Wildman–Crippen LogP) is 3.24. The monoisotopic (exact) mass is 270 g/mol. The molecule has 2 bridgehead atoms.